The van der Waals surface area contributed by atoms with Crippen LogP contribution in [0.3, 0.4) is 0 Å². The second-order valence-electron chi connectivity index (χ2n) is 4.47. The van der Waals surface area contributed by atoms with Crippen molar-refractivity contribution in [1.29, 1.82) is 10.5 Å². The van der Waals surface area contributed by atoms with Crippen molar-refractivity contribution in [3.8, 4) is 12.1 Å². The molecule has 0 saturated heterocycles. The molecule has 2 rings (SSSR count). The molecule has 6 heteroatoms. The molecule has 0 radical (unpaired) electrons. The van der Waals surface area contributed by atoms with Crippen molar-refractivity contribution >= 4 is 28.9 Å². The number of nitrogens with zero attached hydrogens (tertiary/aromatic N) is 2. The minimum atomic E-state index is -0.545. The van der Waals surface area contributed by atoms with E-state index in [9.17, 15) is 4.79 Å². The van der Waals surface area contributed by atoms with E-state index in [4.69, 9.17) is 22.1 Å². The van der Waals surface area contributed by atoms with Crippen LogP contribution in [0.5, 0.6) is 0 Å². The van der Waals surface area contributed by atoms with Gasteiger partial charge in [-0.15, -0.1) is 0 Å². The third kappa shape index (κ3) is 4.60. The van der Waals surface area contributed by atoms with Crippen LogP contribution < -0.4 is 10.6 Å². The van der Waals surface area contributed by atoms with Gasteiger partial charge in [0.05, 0.1) is 11.6 Å². The van der Waals surface area contributed by atoms with Gasteiger partial charge in [-0.3, -0.25) is 4.79 Å². The van der Waals surface area contributed by atoms with E-state index in [0.29, 0.717) is 22.0 Å². The van der Waals surface area contributed by atoms with Gasteiger partial charge in [0.15, 0.2) is 0 Å². The van der Waals surface area contributed by atoms with E-state index < -0.39 is 5.91 Å². The summed E-state index contributed by atoms with van der Waals surface area (Å²) in [6.07, 6.45) is 1.31. The maximum atomic E-state index is 12.0. The first-order valence-corrected chi connectivity index (χ1v) is 6.94. The van der Waals surface area contributed by atoms with Crippen LogP contribution in [-0.2, 0) is 4.79 Å². The van der Waals surface area contributed by atoms with Crippen molar-refractivity contribution in [2.24, 2.45) is 0 Å². The monoisotopic (exact) mass is 322 g/mol. The zero-order valence-corrected chi connectivity index (χ0v) is 12.6. The first-order chi connectivity index (χ1) is 11.1. The number of amides is 1. The van der Waals surface area contributed by atoms with Crippen LogP contribution in [0.4, 0.5) is 11.4 Å². The second kappa shape index (κ2) is 7.65. The predicted octanol–water partition coefficient (Wildman–Crippen LogP) is 3.67. The molecular weight excluding hydrogens is 312 g/mol. The highest BCUT2D eigenvalue weighted by molar-refractivity contribution is 6.31. The zero-order chi connectivity index (χ0) is 16.7. The molecule has 0 aliphatic carbocycles. The van der Waals surface area contributed by atoms with Crippen LogP contribution in [-0.4, -0.2) is 5.91 Å². The fraction of sp³-hybridized carbons (Fsp3) is 0. The SMILES string of the molecule is N#C/C(=C/Nc1ccc(C#N)cc1)C(=O)Nc1cccc(Cl)c1. The van der Waals surface area contributed by atoms with Crippen molar-refractivity contribution in [2.75, 3.05) is 10.6 Å². The lowest BCUT2D eigenvalue weighted by molar-refractivity contribution is -0.112. The van der Waals surface area contributed by atoms with Gasteiger partial charge in [-0.2, -0.15) is 10.5 Å². The van der Waals surface area contributed by atoms with Crippen molar-refractivity contribution in [3.05, 3.63) is 70.9 Å². The van der Waals surface area contributed by atoms with E-state index in [1.807, 2.05) is 12.1 Å². The van der Waals surface area contributed by atoms with Crippen LogP contribution >= 0.6 is 11.6 Å². The molecule has 2 aromatic rings. The van der Waals surface area contributed by atoms with Crippen LogP contribution in [0.2, 0.25) is 5.02 Å². The second-order valence-corrected chi connectivity index (χ2v) is 4.90. The molecule has 5 nitrogen and oxygen atoms in total. The fourth-order valence-corrected chi connectivity index (χ4v) is 1.90. The normalized spacial score (nSPS) is 10.3. The number of carbonyl (C=O) groups is 1. The number of nitriles is 2. The van der Waals surface area contributed by atoms with Gasteiger partial charge in [0.1, 0.15) is 11.6 Å². The molecular formula is C17H11ClN4O. The van der Waals surface area contributed by atoms with Crippen LogP contribution in [0.25, 0.3) is 0 Å². The Morgan fingerprint density at radius 2 is 1.83 bits per heavy atom. The van der Waals surface area contributed by atoms with Gasteiger partial charge in [-0.05, 0) is 42.5 Å². The molecule has 1 amide bonds. The number of halogens is 1. The van der Waals surface area contributed by atoms with Crippen molar-refractivity contribution < 1.29 is 4.79 Å². The van der Waals surface area contributed by atoms with E-state index in [0.717, 1.165) is 0 Å². The maximum absolute atomic E-state index is 12.0. The molecule has 0 aliphatic rings. The van der Waals surface area contributed by atoms with Gasteiger partial charge in [-0.1, -0.05) is 17.7 Å². The lowest BCUT2D eigenvalue weighted by Gasteiger charge is -2.05. The lowest BCUT2D eigenvalue weighted by atomic mass is 10.2. The summed E-state index contributed by atoms with van der Waals surface area (Å²) < 4.78 is 0. The van der Waals surface area contributed by atoms with Gasteiger partial charge in [0.2, 0.25) is 0 Å². The Morgan fingerprint density at radius 3 is 2.43 bits per heavy atom. The Labute approximate surface area is 138 Å². The summed E-state index contributed by atoms with van der Waals surface area (Å²) in [6, 6.07) is 17.1. The van der Waals surface area contributed by atoms with Gasteiger partial charge < -0.3 is 10.6 Å². The molecule has 112 valence electrons. The molecule has 0 aliphatic heterocycles. The number of benzene rings is 2. The Hall–Kier alpha value is -3.28. The third-order valence-electron chi connectivity index (χ3n) is 2.84. The molecule has 2 N–H and O–H groups in total. The van der Waals surface area contributed by atoms with Crippen LogP contribution in [0.15, 0.2) is 60.3 Å². The minimum absolute atomic E-state index is 0.0886. The smallest absolute Gasteiger partial charge is 0.267 e. The van der Waals surface area contributed by atoms with Crippen molar-refractivity contribution in [2.45, 2.75) is 0 Å². The zero-order valence-electron chi connectivity index (χ0n) is 11.9. The summed E-state index contributed by atoms with van der Waals surface area (Å²) in [5, 5.41) is 23.8. The van der Waals surface area contributed by atoms with E-state index >= 15 is 0 Å². The maximum Gasteiger partial charge on any atom is 0.267 e. The highest BCUT2D eigenvalue weighted by atomic mass is 35.5. The minimum Gasteiger partial charge on any atom is -0.360 e. The topological polar surface area (TPSA) is 88.7 Å². The summed E-state index contributed by atoms with van der Waals surface area (Å²) in [5.41, 5.74) is 1.60. The molecule has 2 aromatic carbocycles. The Bertz CT molecular complexity index is 829. The van der Waals surface area contributed by atoms with E-state index in [1.165, 1.54) is 6.20 Å². The molecule has 0 spiro atoms. The summed E-state index contributed by atoms with van der Waals surface area (Å²) >= 11 is 5.84. The summed E-state index contributed by atoms with van der Waals surface area (Å²) in [5.74, 6) is -0.545. The van der Waals surface area contributed by atoms with E-state index in [2.05, 4.69) is 10.6 Å². The number of hydrogen-bond acceptors (Lipinski definition) is 4. The van der Waals surface area contributed by atoms with E-state index in [1.54, 1.807) is 48.5 Å². The Kier molecular flexibility index (Phi) is 5.35. The standard InChI is InChI=1S/C17H11ClN4O/c18-14-2-1-3-16(8-14)22-17(23)13(10-20)11-21-15-6-4-12(9-19)5-7-15/h1-8,11,21H,(H,22,23)/b13-11-. The fourth-order valence-electron chi connectivity index (χ4n) is 1.71. The number of anilines is 2. The van der Waals surface area contributed by atoms with E-state index in [-0.39, 0.29) is 5.57 Å². The number of carbonyl (C=O) groups excluding carboxylic acids is 1. The molecule has 0 unspecified atom stereocenters. The quantitative estimate of drug-likeness (QED) is 0.664. The first kappa shape index (κ1) is 16.1. The van der Waals surface area contributed by atoms with Gasteiger partial charge in [-0.25, -0.2) is 0 Å². The summed E-state index contributed by atoms with van der Waals surface area (Å²) in [4.78, 5) is 12.0. The molecule has 0 aromatic heterocycles. The highest BCUT2D eigenvalue weighted by Gasteiger charge is 2.09. The third-order valence-corrected chi connectivity index (χ3v) is 3.08. The van der Waals surface area contributed by atoms with Gasteiger partial charge in [0, 0.05) is 22.6 Å². The predicted molar refractivity (Wildman–Crippen MR) is 88.6 cm³/mol. The van der Waals surface area contributed by atoms with Crippen molar-refractivity contribution in [1.82, 2.24) is 0 Å². The molecule has 0 fully saturated rings. The Balaban J connectivity index is 2.07. The van der Waals surface area contributed by atoms with Crippen molar-refractivity contribution in [3.63, 3.8) is 0 Å². The molecule has 0 heterocycles. The number of nitrogens with one attached hydrogen (secondary N) is 2. The number of hydrogen-bond donors (Lipinski definition) is 2. The largest absolute Gasteiger partial charge is 0.360 e. The van der Waals surface area contributed by atoms with Gasteiger partial charge in [0.25, 0.3) is 5.91 Å². The average molecular weight is 323 g/mol. The van der Waals surface area contributed by atoms with Crippen LogP contribution in [0, 0.1) is 22.7 Å². The van der Waals surface area contributed by atoms with Gasteiger partial charge >= 0.3 is 0 Å². The summed E-state index contributed by atoms with van der Waals surface area (Å²) in [7, 11) is 0. The summed E-state index contributed by atoms with van der Waals surface area (Å²) in [6.45, 7) is 0. The average Bonchev–Trinajstić information content (AvgIpc) is 2.56. The highest BCUT2D eigenvalue weighted by Crippen LogP contribution is 2.16. The first-order valence-electron chi connectivity index (χ1n) is 6.56. The molecule has 0 bridgehead atoms. The molecule has 0 saturated carbocycles. The Morgan fingerprint density at radius 1 is 1.09 bits per heavy atom. The molecule has 0 atom stereocenters. The number of rotatable bonds is 4. The molecule has 23 heavy (non-hydrogen) atoms. The van der Waals surface area contributed by atoms with Crippen LogP contribution in [0.1, 0.15) is 5.56 Å². The lowest BCUT2D eigenvalue weighted by Crippen LogP contribution is -2.14.